The molecular weight excluding hydrogens is 338 g/mol. The molecule has 0 aliphatic heterocycles. The van der Waals surface area contributed by atoms with Gasteiger partial charge in [-0.05, 0) is 24.3 Å². The van der Waals surface area contributed by atoms with Crippen LogP contribution in [0, 0.1) is 21.4 Å². The molecule has 0 aliphatic rings. The van der Waals surface area contributed by atoms with E-state index in [4.69, 9.17) is 11.0 Å². The van der Waals surface area contributed by atoms with Crippen LogP contribution < -0.4 is 16.4 Å². The van der Waals surface area contributed by atoms with Crippen LogP contribution in [0.15, 0.2) is 60.3 Å². The minimum atomic E-state index is -0.717. The maximum atomic E-state index is 12.1. The van der Waals surface area contributed by atoms with Gasteiger partial charge in [-0.1, -0.05) is 12.1 Å². The number of carbonyl (C=O) groups excluding carboxylic acids is 2. The number of para-hydroxylation sites is 1. The van der Waals surface area contributed by atoms with E-state index in [1.165, 1.54) is 30.3 Å². The largest absolute Gasteiger partial charge is 0.366 e. The van der Waals surface area contributed by atoms with Crippen LogP contribution in [0.5, 0.6) is 0 Å². The van der Waals surface area contributed by atoms with Crippen LogP contribution in [0.3, 0.4) is 0 Å². The van der Waals surface area contributed by atoms with Gasteiger partial charge >= 0.3 is 0 Å². The molecule has 26 heavy (non-hydrogen) atoms. The quantitative estimate of drug-likeness (QED) is 0.314. The first kappa shape index (κ1) is 18.2. The number of primary amides is 1. The van der Waals surface area contributed by atoms with Crippen LogP contribution in [-0.2, 0) is 4.79 Å². The molecule has 0 saturated heterocycles. The van der Waals surface area contributed by atoms with Gasteiger partial charge in [0.25, 0.3) is 17.5 Å². The Balaban J connectivity index is 2.14. The van der Waals surface area contributed by atoms with Crippen molar-refractivity contribution >= 4 is 28.9 Å². The van der Waals surface area contributed by atoms with Gasteiger partial charge in [-0.3, -0.25) is 19.7 Å². The lowest BCUT2D eigenvalue weighted by atomic mass is 10.1. The van der Waals surface area contributed by atoms with Crippen LogP contribution >= 0.6 is 0 Å². The first-order valence-corrected chi connectivity index (χ1v) is 7.24. The van der Waals surface area contributed by atoms with Gasteiger partial charge in [-0.25, -0.2) is 0 Å². The van der Waals surface area contributed by atoms with Crippen molar-refractivity contribution in [1.82, 2.24) is 0 Å². The highest BCUT2D eigenvalue weighted by Crippen LogP contribution is 2.17. The summed E-state index contributed by atoms with van der Waals surface area (Å²) in [5.74, 6) is -1.37. The Kier molecular flexibility index (Phi) is 5.63. The fourth-order valence-corrected chi connectivity index (χ4v) is 1.99. The van der Waals surface area contributed by atoms with Crippen LogP contribution in [0.4, 0.5) is 17.1 Å². The number of hydrogen-bond donors (Lipinski definition) is 3. The zero-order chi connectivity index (χ0) is 19.1. The summed E-state index contributed by atoms with van der Waals surface area (Å²) in [6.07, 6.45) is 1.14. The molecule has 0 atom stereocenters. The number of rotatable bonds is 6. The minimum Gasteiger partial charge on any atom is -0.366 e. The van der Waals surface area contributed by atoms with E-state index < -0.39 is 16.7 Å². The summed E-state index contributed by atoms with van der Waals surface area (Å²) in [7, 11) is 0. The molecule has 0 radical (unpaired) electrons. The number of nitrogens with zero attached hydrogens (tertiary/aromatic N) is 2. The number of nitro benzene ring substituents is 1. The Labute approximate surface area is 147 Å². The van der Waals surface area contributed by atoms with Crippen molar-refractivity contribution in [2.75, 3.05) is 10.6 Å². The zero-order valence-electron chi connectivity index (χ0n) is 13.3. The molecule has 9 heteroatoms. The second-order valence-electron chi connectivity index (χ2n) is 4.98. The number of anilines is 2. The Morgan fingerprint density at radius 3 is 2.38 bits per heavy atom. The zero-order valence-corrected chi connectivity index (χ0v) is 13.3. The molecule has 130 valence electrons. The molecule has 4 N–H and O–H groups in total. The number of amides is 2. The average Bonchev–Trinajstić information content (AvgIpc) is 2.63. The second kappa shape index (κ2) is 8.07. The van der Waals surface area contributed by atoms with Gasteiger partial charge in [0.1, 0.15) is 11.6 Å². The average molecular weight is 351 g/mol. The number of nitro groups is 1. The lowest BCUT2D eigenvalue weighted by Crippen LogP contribution is -2.16. The van der Waals surface area contributed by atoms with Crippen molar-refractivity contribution in [2.45, 2.75) is 0 Å². The number of carbonyl (C=O) groups is 2. The van der Waals surface area contributed by atoms with E-state index in [2.05, 4.69) is 10.6 Å². The molecule has 9 nitrogen and oxygen atoms in total. The lowest BCUT2D eigenvalue weighted by Gasteiger charge is -2.07. The maximum absolute atomic E-state index is 12.1. The second-order valence-corrected chi connectivity index (χ2v) is 4.98. The van der Waals surface area contributed by atoms with E-state index in [1.54, 1.807) is 24.3 Å². The molecule has 2 aromatic rings. The summed E-state index contributed by atoms with van der Waals surface area (Å²) in [6, 6.07) is 13.2. The lowest BCUT2D eigenvalue weighted by molar-refractivity contribution is -0.384. The highest BCUT2D eigenvalue weighted by atomic mass is 16.6. The van der Waals surface area contributed by atoms with E-state index in [0.29, 0.717) is 11.4 Å². The monoisotopic (exact) mass is 351 g/mol. The third-order valence-corrected chi connectivity index (χ3v) is 3.27. The molecule has 0 saturated carbocycles. The smallest absolute Gasteiger partial charge is 0.269 e. The standard InChI is InChI=1S/C17H13N5O4/c18-9-11(10-20-15-4-2-1-3-14(15)16(19)23)17(24)21-12-5-7-13(8-6-12)22(25)26/h1-8,10,20H,(H2,19,23)(H,21,24)/b11-10-. The molecular formula is C17H13N5O4. The summed E-state index contributed by atoms with van der Waals surface area (Å²) in [5.41, 5.74) is 5.71. The highest BCUT2D eigenvalue weighted by Gasteiger charge is 2.12. The topological polar surface area (TPSA) is 151 Å². The molecule has 0 heterocycles. The Hall–Kier alpha value is -4.19. The van der Waals surface area contributed by atoms with Gasteiger partial charge in [0.05, 0.1) is 16.2 Å². The van der Waals surface area contributed by atoms with Crippen molar-refractivity contribution in [3.8, 4) is 6.07 Å². The molecule has 0 aromatic heterocycles. The molecule has 0 fully saturated rings. The van der Waals surface area contributed by atoms with E-state index in [0.717, 1.165) is 6.20 Å². The van der Waals surface area contributed by atoms with Gasteiger partial charge in [0.15, 0.2) is 0 Å². The van der Waals surface area contributed by atoms with E-state index in [-0.39, 0.29) is 16.8 Å². The first-order valence-electron chi connectivity index (χ1n) is 7.24. The number of hydrogen-bond acceptors (Lipinski definition) is 6. The maximum Gasteiger partial charge on any atom is 0.269 e. The summed E-state index contributed by atoms with van der Waals surface area (Å²) >= 11 is 0. The van der Waals surface area contributed by atoms with Crippen molar-refractivity contribution in [3.63, 3.8) is 0 Å². The molecule has 0 aliphatic carbocycles. The van der Waals surface area contributed by atoms with Crippen molar-refractivity contribution in [2.24, 2.45) is 5.73 Å². The van der Waals surface area contributed by atoms with E-state index in [1.807, 2.05) is 0 Å². The van der Waals surface area contributed by atoms with Crippen LogP contribution in [-0.4, -0.2) is 16.7 Å². The summed E-state index contributed by atoms with van der Waals surface area (Å²) in [6.45, 7) is 0. The van der Waals surface area contributed by atoms with E-state index >= 15 is 0 Å². The molecule has 2 rings (SSSR count). The SMILES string of the molecule is N#C/C(=C/Nc1ccccc1C(N)=O)C(=O)Nc1ccc([N+](=O)[O-])cc1. The van der Waals surface area contributed by atoms with Crippen molar-refractivity contribution in [1.29, 1.82) is 5.26 Å². The predicted molar refractivity (Wildman–Crippen MR) is 94.0 cm³/mol. The highest BCUT2D eigenvalue weighted by molar-refractivity contribution is 6.07. The summed E-state index contributed by atoms with van der Waals surface area (Å²) in [5, 5.41) is 24.9. The number of benzene rings is 2. The van der Waals surface area contributed by atoms with Crippen LogP contribution in [0.1, 0.15) is 10.4 Å². The van der Waals surface area contributed by atoms with Crippen LogP contribution in [0.25, 0.3) is 0 Å². The molecule has 2 amide bonds. The van der Waals surface area contributed by atoms with E-state index in [9.17, 15) is 19.7 Å². The molecule has 2 aromatic carbocycles. The number of non-ortho nitro benzene ring substituents is 1. The third-order valence-electron chi connectivity index (χ3n) is 3.27. The fourth-order valence-electron chi connectivity index (χ4n) is 1.99. The van der Waals surface area contributed by atoms with Crippen molar-refractivity contribution in [3.05, 3.63) is 76.0 Å². The normalized spacial score (nSPS) is 10.5. The summed E-state index contributed by atoms with van der Waals surface area (Å²) < 4.78 is 0. The molecule has 0 bridgehead atoms. The minimum absolute atomic E-state index is 0.122. The molecule has 0 unspecified atom stereocenters. The Bertz CT molecular complexity index is 929. The summed E-state index contributed by atoms with van der Waals surface area (Å²) in [4.78, 5) is 33.5. The molecule has 0 spiro atoms. The van der Waals surface area contributed by atoms with Crippen LogP contribution in [0.2, 0.25) is 0 Å². The Morgan fingerprint density at radius 1 is 1.15 bits per heavy atom. The van der Waals surface area contributed by atoms with Gasteiger partial charge in [0, 0.05) is 24.0 Å². The van der Waals surface area contributed by atoms with Crippen molar-refractivity contribution < 1.29 is 14.5 Å². The number of nitriles is 1. The van der Waals surface area contributed by atoms with Gasteiger partial charge < -0.3 is 16.4 Å². The fraction of sp³-hybridized carbons (Fsp3) is 0. The Morgan fingerprint density at radius 2 is 1.81 bits per heavy atom. The predicted octanol–water partition coefficient (Wildman–Crippen LogP) is 2.15. The van der Waals surface area contributed by atoms with Gasteiger partial charge in [-0.2, -0.15) is 5.26 Å². The van der Waals surface area contributed by atoms with Gasteiger partial charge in [-0.15, -0.1) is 0 Å². The number of nitrogens with one attached hydrogen (secondary N) is 2. The van der Waals surface area contributed by atoms with Gasteiger partial charge in [0.2, 0.25) is 0 Å². The number of nitrogens with two attached hydrogens (primary N) is 1. The first-order chi connectivity index (χ1) is 12.4. The third kappa shape index (κ3) is 4.42.